The smallest absolute Gasteiger partial charge is 0.247 e. The second kappa shape index (κ2) is 2.96. The lowest BCUT2D eigenvalue weighted by Crippen LogP contribution is -1.79. The molecule has 0 atom stereocenters. The number of hydrogen-bond acceptors (Lipinski definition) is 1. The van der Waals surface area contributed by atoms with Crippen LogP contribution in [0.3, 0.4) is 0 Å². The van der Waals surface area contributed by atoms with E-state index in [0.717, 1.165) is 15.6 Å². The number of aryl methyl sites for hydroxylation is 2. The van der Waals surface area contributed by atoms with Gasteiger partial charge in [0.2, 0.25) is 21.1 Å². The van der Waals surface area contributed by atoms with Crippen LogP contribution in [0.2, 0.25) is 0 Å². The van der Waals surface area contributed by atoms with E-state index in [1.54, 1.807) is 11.3 Å². The fraction of sp³-hybridized carbons (Fsp3) is 0.182. The largest absolute Gasteiger partial charge is 0.503 e. The zero-order valence-corrected chi connectivity index (χ0v) is 8.48. The van der Waals surface area contributed by atoms with Crippen molar-refractivity contribution < 1.29 is 5.11 Å². The first-order chi connectivity index (χ1) is 6.20. The lowest BCUT2D eigenvalue weighted by molar-refractivity contribution is 0.479. The molecule has 13 heavy (non-hydrogen) atoms. The summed E-state index contributed by atoms with van der Waals surface area (Å²) in [6, 6.07) is 7.94. The predicted octanol–water partition coefficient (Wildman–Crippen LogP) is 3.50. The fourth-order valence-corrected chi connectivity index (χ4v) is 2.47. The Bertz CT molecular complexity index is 463. The van der Waals surface area contributed by atoms with E-state index in [1.165, 1.54) is 4.88 Å². The summed E-state index contributed by atoms with van der Waals surface area (Å²) in [6.07, 6.45) is 0. The summed E-state index contributed by atoms with van der Waals surface area (Å²) in [4.78, 5) is 2.24. The Morgan fingerprint density at radius 1 is 1.00 bits per heavy atom. The Balaban J connectivity index is 2.97. The molecule has 1 nitrogen and oxygen atoms in total. The number of rotatable bonds is 0. The molecule has 0 aliphatic rings. The minimum atomic E-state index is 0.422. The van der Waals surface area contributed by atoms with Crippen molar-refractivity contribution in [3.63, 3.8) is 0 Å². The molecule has 66 valence electrons. The Kier molecular flexibility index (Phi) is 1.93. The standard InChI is InChI=1S/C11H10OS/c1-7-9-5-3-4-6-10(9)11(12)8(2)13-7/h3-6H,1-2H3/p+1. The van der Waals surface area contributed by atoms with E-state index < -0.39 is 0 Å². The highest BCUT2D eigenvalue weighted by atomic mass is 32.1. The van der Waals surface area contributed by atoms with E-state index in [-0.39, 0.29) is 0 Å². The summed E-state index contributed by atoms with van der Waals surface area (Å²) < 4.78 is 0. The Morgan fingerprint density at radius 2 is 1.62 bits per heavy atom. The molecule has 0 bridgehead atoms. The number of fused-ring (bicyclic) bond motifs is 1. The Morgan fingerprint density at radius 3 is 2.31 bits per heavy atom. The van der Waals surface area contributed by atoms with Gasteiger partial charge >= 0.3 is 0 Å². The van der Waals surface area contributed by atoms with Gasteiger partial charge in [-0.2, -0.15) is 0 Å². The van der Waals surface area contributed by atoms with Crippen molar-refractivity contribution in [2.75, 3.05) is 0 Å². The first kappa shape index (κ1) is 8.45. The maximum atomic E-state index is 9.79. The summed E-state index contributed by atoms with van der Waals surface area (Å²) in [6.45, 7) is 4.03. The number of hydrogen-bond donors (Lipinski definition) is 1. The molecule has 0 amide bonds. The van der Waals surface area contributed by atoms with Gasteiger partial charge in [0.05, 0.1) is 0 Å². The van der Waals surface area contributed by atoms with Crippen LogP contribution in [0.15, 0.2) is 24.3 Å². The van der Waals surface area contributed by atoms with Gasteiger partial charge in [-0.1, -0.05) is 18.2 Å². The van der Waals surface area contributed by atoms with Crippen LogP contribution in [0.5, 0.6) is 5.75 Å². The van der Waals surface area contributed by atoms with Crippen molar-refractivity contribution in [3.05, 3.63) is 34.0 Å². The van der Waals surface area contributed by atoms with Gasteiger partial charge < -0.3 is 5.11 Å². The first-order valence-electron chi connectivity index (χ1n) is 4.21. The van der Waals surface area contributed by atoms with Crippen LogP contribution in [0.1, 0.15) is 9.75 Å². The van der Waals surface area contributed by atoms with Crippen molar-refractivity contribution in [2.24, 2.45) is 0 Å². The summed E-state index contributed by atoms with van der Waals surface area (Å²) in [5, 5.41) is 11.9. The van der Waals surface area contributed by atoms with Crippen LogP contribution < -0.4 is 0 Å². The zero-order valence-electron chi connectivity index (χ0n) is 7.66. The second-order valence-electron chi connectivity index (χ2n) is 3.11. The molecule has 2 heteroatoms. The molecule has 0 aliphatic carbocycles. The minimum Gasteiger partial charge on any atom is -0.503 e. The van der Waals surface area contributed by atoms with Crippen LogP contribution >= 0.6 is 11.3 Å². The van der Waals surface area contributed by atoms with Gasteiger partial charge in [0.15, 0.2) is 5.75 Å². The highest BCUT2D eigenvalue weighted by molar-refractivity contribution is 7.12. The normalized spacial score (nSPS) is 10.6. The molecule has 0 radical (unpaired) electrons. The summed E-state index contributed by atoms with van der Waals surface area (Å²) in [5.41, 5.74) is 0. The topological polar surface area (TPSA) is 20.2 Å². The highest BCUT2D eigenvalue weighted by Gasteiger charge is 2.16. The molecule has 0 aliphatic heterocycles. The van der Waals surface area contributed by atoms with Crippen LogP contribution in [0, 0.1) is 13.8 Å². The third-order valence-corrected chi connectivity index (χ3v) is 3.23. The van der Waals surface area contributed by atoms with E-state index >= 15 is 0 Å². The fourth-order valence-electron chi connectivity index (χ4n) is 1.52. The van der Waals surface area contributed by atoms with E-state index in [4.69, 9.17) is 0 Å². The molecule has 1 aromatic carbocycles. The minimum absolute atomic E-state index is 0.422. The maximum absolute atomic E-state index is 9.79. The summed E-state index contributed by atoms with van der Waals surface area (Å²) >= 11 is 1.64. The molecule has 0 fully saturated rings. The molecule has 0 unspecified atom stereocenters. The van der Waals surface area contributed by atoms with Crippen LogP contribution in [0.4, 0.5) is 0 Å². The average Bonchev–Trinajstić information content (AvgIpc) is 2.15. The van der Waals surface area contributed by atoms with Crippen LogP contribution in [-0.2, 0) is 0 Å². The molecular weight excluding hydrogens is 180 g/mol. The highest BCUT2D eigenvalue weighted by Crippen LogP contribution is 2.34. The van der Waals surface area contributed by atoms with Crippen molar-refractivity contribution in [2.45, 2.75) is 13.8 Å². The number of aromatic hydroxyl groups is 1. The lowest BCUT2D eigenvalue weighted by atomic mass is 10.1. The molecule has 0 saturated carbocycles. The Hall–Kier alpha value is -1.15. The van der Waals surface area contributed by atoms with Gasteiger partial charge in [0, 0.05) is 24.6 Å². The van der Waals surface area contributed by atoms with Crippen LogP contribution in [-0.4, -0.2) is 5.11 Å². The van der Waals surface area contributed by atoms with Gasteiger partial charge in [-0.15, -0.1) is 0 Å². The van der Waals surface area contributed by atoms with E-state index in [9.17, 15) is 5.11 Å². The van der Waals surface area contributed by atoms with Crippen molar-refractivity contribution in [3.8, 4) is 5.75 Å². The molecule has 1 aromatic heterocycles. The summed E-state index contributed by atoms with van der Waals surface area (Å²) in [5.74, 6) is 0.422. The van der Waals surface area contributed by atoms with Gasteiger partial charge in [-0.3, -0.25) is 0 Å². The molecular formula is C11H11OS+. The maximum Gasteiger partial charge on any atom is 0.247 e. The van der Waals surface area contributed by atoms with Gasteiger partial charge in [-0.05, 0) is 6.07 Å². The SMILES string of the molecule is Cc1[s+]c(C)c2ccccc2c1O. The molecule has 0 spiro atoms. The van der Waals surface area contributed by atoms with Crippen LogP contribution in [0.25, 0.3) is 10.8 Å². The van der Waals surface area contributed by atoms with E-state index in [2.05, 4.69) is 6.92 Å². The van der Waals surface area contributed by atoms with Crippen molar-refractivity contribution >= 4 is 22.1 Å². The second-order valence-corrected chi connectivity index (χ2v) is 4.54. The van der Waals surface area contributed by atoms with Gasteiger partial charge in [0.1, 0.15) is 0 Å². The molecule has 1 heterocycles. The van der Waals surface area contributed by atoms with Crippen molar-refractivity contribution in [1.82, 2.24) is 0 Å². The number of benzene rings is 1. The molecule has 0 saturated heterocycles. The predicted molar refractivity (Wildman–Crippen MR) is 57.4 cm³/mol. The third kappa shape index (κ3) is 1.27. The lowest BCUT2D eigenvalue weighted by Gasteiger charge is -1.97. The quantitative estimate of drug-likeness (QED) is 0.632. The Labute approximate surface area is 81.3 Å². The van der Waals surface area contributed by atoms with Crippen molar-refractivity contribution in [1.29, 1.82) is 0 Å². The monoisotopic (exact) mass is 191 g/mol. The van der Waals surface area contributed by atoms with Gasteiger partial charge in [0.25, 0.3) is 0 Å². The summed E-state index contributed by atoms with van der Waals surface area (Å²) in [7, 11) is 0. The molecule has 2 rings (SSSR count). The van der Waals surface area contributed by atoms with E-state index in [1.807, 2.05) is 31.2 Å². The zero-order chi connectivity index (χ0) is 9.42. The molecule has 1 N–H and O–H groups in total. The van der Waals surface area contributed by atoms with Gasteiger partial charge in [-0.25, -0.2) is 0 Å². The third-order valence-electron chi connectivity index (χ3n) is 2.20. The first-order valence-corrected chi connectivity index (χ1v) is 5.03. The van der Waals surface area contributed by atoms with E-state index in [0.29, 0.717) is 5.75 Å². The molecule has 2 aromatic rings. The average molecular weight is 191 g/mol.